The summed E-state index contributed by atoms with van der Waals surface area (Å²) in [6.07, 6.45) is 2.96. The molecule has 2 rings (SSSR count). The lowest BCUT2D eigenvalue weighted by Gasteiger charge is -2.29. The van der Waals surface area contributed by atoms with Gasteiger partial charge < -0.3 is 9.64 Å². The molecule has 1 unspecified atom stereocenters. The highest BCUT2D eigenvalue weighted by Crippen LogP contribution is 2.30. The topological polar surface area (TPSA) is 29.5 Å². The molecule has 102 valence electrons. The van der Waals surface area contributed by atoms with E-state index < -0.39 is 0 Å². The quantitative estimate of drug-likeness (QED) is 0.834. The highest BCUT2D eigenvalue weighted by Gasteiger charge is 2.25. The van der Waals surface area contributed by atoms with Crippen LogP contribution < -0.4 is 4.74 Å². The summed E-state index contributed by atoms with van der Waals surface area (Å²) < 4.78 is 5.49. The maximum absolute atomic E-state index is 12.0. The lowest BCUT2D eigenvalue weighted by atomic mass is 9.95. The van der Waals surface area contributed by atoms with Crippen LogP contribution in [0.1, 0.15) is 31.4 Å². The first-order valence-electron chi connectivity index (χ1n) is 6.76. The average Bonchev–Trinajstić information content (AvgIpc) is 2.38. The van der Waals surface area contributed by atoms with E-state index in [-0.39, 0.29) is 11.8 Å². The average molecular weight is 259 g/mol. The number of carbonyl (C=O) groups excluding carboxylic acids is 1. The SMILES string of the molecule is CCOc1ccc(C2=CCC(C)C(=O)N2C)c(C)c1. The summed E-state index contributed by atoms with van der Waals surface area (Å²) in [5.41, 5.74) is 3.24. The first-order valence-corrected chi connectivity index (χ1v) is 6.76. The molecule has 0 saturated heterocycles. The highest BCUT2D eigenvalue weighted by molar-refractivity contribution is 5.90. The van der Waals surface area contributed by atoms with E-state index in [1.165, 1.54) is 0 Å². The van der Waals surface area contributed by atoms with Gasteiger partial charge in [-0.05, 0) is 44.0 Å². The summed E-state index contributed by atoms with van der Waals surface area (Å²) >= 11 is 0. The molecule has 1 aliphatic heterocycles. The molecule has 1 amide bonds. The molecule has 3 heteroatoms. The lowest BCUT2D eigenvalue weighted by molar-refractivity contribution is -0.131. The van der Waals surface area contributed by atoms with Gasteiger partial charge in [-0.2, -0.15) is 0 Å². The second kappa shape index (κ2) is 5.47. The molecule has 0 spiro atoms. The monoisotopic (exact) mass is 259 g/mol. The van der Waals surface area contributed by atoms with Crippen molar-refractivity contribution in [3.05, 3.63) is 35.4 Å². The third-order valence-corrected chi connectivity index (χ3v) is 3.56. The fourth-order valence-corrected chi connectivity index (χ4v) is 2.45. The summed E-state index contributed by atoms with van der Waals surface area (Å²) in [6, 6.07) is 6.02. The largest absolute Gasteiger partial charge is 0.494 e. The highest BCUT2D eigenvalue weighted by atomic mass is 16.5. The standard InChI is InChI=1S/C16H21NO2/c1-5-19-13-7-8-14(12(3)10-13)15-9-6-11(2)16(18)17(15)4/h7-11H,5-6H2,1-4H3. The molecule has 0 aromatic heterocycles. The zero-order chi connectivity index (χ0) is 14.0. The zero-order valence-corrected chi connectivity index (χ0v) is 12.1. The molecule has 0 fully saturated rings. The number of benzene rings is 1. The number of amides is 1. The molecule has 1 aliphatic rings. The number of allylic oxidation sites excluding steroid dienone is 1. The van der Waals surface area contributed by atoms with E-state index in [2.05, 4.69) is 13.0 Å². The minimum atomic E-state index is 0.0803. The minimum absolute atomic E-state index is 0.0803. The maximum Gasteiger partial charge on any atom is 0.229 e. The van der Waals surface area contributed by atoms with Crippen molar-refractivity contribution in [2.45, 2.75) is 27.2 Å². The van der Waals surface area contributed by atoms with Crippen molar-refractivity contribution in [3.8, 4) is 5.75 Å². The Bertz CT molecular complexity index is 519. The Balaban J connectivity index is 2.34. The summed E-state index contributed by atoms with van der Waals surface area (Å²) in [5.74, 6) is 1.14. The number of carbonyl (C=O) groups is 1. The molecule has 1 heterocycles. The van der Waals surface area contributed by atoms with Gasteiger partial charge in [0.1, 0.15) is 5.75 Å². The summed E-state index contributed by atoms with van der Waals surface area (Å²) in [7, 11) is 1.85. The predicted molar refractivity (Wildman–Crippen MR) is 76.9 cm³/mol. The van der Waals surface area contributed by atoms with Gasteiger partial charge in [-0.25, -0.2) is 0 Å². The van der Waals surface area contributed by atoms with Crippen LogP contribution in [-0.4, -0.2) is 24.5 Å². The van der Waals surface area contributed by atoms with Crippen LogP contribution in [0.15, 0.2) is 24.3 Å². The summed E-state index contributed by atoms with van der Waals surface area (Å²) in [6.45, 7) is 6.66. The molecule has 1 aromatic carbocycles. The molecule has 0 radical (unpaired) electrons. The Morgan fingerprint density at radius 1 is 1.42 bits per heavy atom. The first kappa shape index (κ1) is 13.7. The number of hydrogen-bond acceptors (Lipinski definition) is 2. The van der Waals surface area contributed by atoms with Gasteiger partial charge in [0.15, 0.2) is 0 Å². The van der Waals surface area contributed by atoms with E-state index in [1.54, 1.807) is 4.90 Å². The predicted octanol–water partition coefficient (Wildman–Crippen LogP) is 3.23. The van der Waals surface area contributed by atoms with Gasteiger partial charge in [-0.3, -0.25) is 4.79 Å². The van der Waals surface area contributed by atoms with Crippen LogP contribution >= 0.6 is 0 Å². The molecule has 0 N–H and O–H groups in total. The van der Waals surface area contributed by atoms with Crippen molar-refractivity contribution in [1.82, 2.24) is 4.90 Å². The van der Waals surface area contributed by atoms with Gasteiger partial charge in [-0.1, -0.05) is 13.0 Å². The molecular formula is C16H21NO2. The molecule has 0 saturated carbocycles. The van der Waals surface area contributed by atoms with Crippen molar-refractivity contribution in [3.63, 3.8) is 0 Å². The third kappa shape index (κ3) is 2.65. The van der Waals surface area contributed by atoms with E-state index in [0.717, 1.165) is 29.0 Å². The molecule has 0 aliphatic carbocycles. The molecular weight excluding hydrogens is 238 g/mol. The fourth-order valence-electron chi connectivity index (χ4n) is 2.45. The van der Waals surface area contributed by atoms with Crippen LogP contribution in [0.3, 0.4) is 0 Å². The Labute approximate surface area is 114 Å². The second-order valence-corrected chi connectivity index (χ2v) is 5.03. The van der Waals surface area contributed by atoms with E-state index >= 15 is 0 Å². The molecule has 1 aromatic rings. The van der Waals surface area contributed by atoms with E-state index in [0.29, 0.717) is 6.61 Å². The number of ether oxygens (including phenoxy) is 1. The van der Waals surface area contributed by atoms with Crippen molar-refractivity contribution >= 4 is 11.6 Å². The van der Waals surface area contributed by atoms with Gasteiger partial charge in [0.2, 0.25) is 5.91 Å². The second-order valence-electron chi connectivity index (χ2n) is 5.03. The Kier molecular flexibility index (Phi) is 3.93. The van der Waals surface area contributed by atoms with Crippen molar-refractivity contribution in [1.29, 1.82) is 0 Å². The first-order chi connectivity index (χ1) is 9.04. The van der Waals surface area contributed by atoms with E-state index in [9.17, 15) is 4.79 Å². The van der Waals surface area contributed by atoms with Gasteiger partial charge >= 0.3 is 0 Å². The van der Waals surface area contributed by atoms with E-state index in [1.807, 2.05) is 39.1 Å². The number of nitrogens with zero attached hydrogens (tertiary/aromatic N) is 1. The van der Waals surface area contributed by atoms with Crippen LogP contribution in [0.2, 0.25) is 0 Å². The summed E-state index contributed by atoms with van der Waals surface area (Å²) in [4.78, 5) is 13.8. The normalized spacial score (nSPS) is 19.4. The number of aryl methyl sites for hydroxylation is 1. The van der Waals surface area contributed by atoms with Crippen LogP contribution in [0.5, 0.6) is 5.75 Å². The van der Waals surface area contributed by atoms with E-state index in [4.69, 9.17) is 4.74 Å². The van der Waals surface area contributed by atoms with Crippen LogP contribution in [0.25, 0.3) is 5.70 Å². The van der Waals surface area contributed by atoms with Crippen LogP contribution in [0, 0.1) is 12.8 Å². The smallest absolute Gasteiger partial charge is 0.229 e. The van der Waals surface area contributed by atoms with Gasteiger partial charge in [0, 0.05) is 24.2 Å². The minimum Gasteiger partial charge on any atom is -0.494 e. The Hall–Kier alpha value is -1.77. The van der Waals surface area contributed by atoms with Gasteiger partial charge in [0.05, 0.1) is 6.61 Å². The van der Waals surface area contributed by atoms with Crippen molar-refractivity contribution in [2.75, 3.05) is 13.7 Å². The van der Waals surface area contributed by atoms with Crippen molar-refractivity contribution < 1.29 is 9.53 Å². The number of hydrogen-bond donors (Lipinski definition) is 0. The third-order valence-electron chi connectivity index (χ3n) is 3.56. The number of rotatable bonds is 3. The summed E-state index contributed by atoms with van der Waals surface area (Å²) in [5, 5.41) is 0. The zero-order valence-electron chi connectivity index (χ0n) is 12.1. The molecule has 3 nitrogen and oxygen atoms in total. The van der Waals surface area contributed by atoms with Crippen molar-refractivity contribution in [2.24, 2.45) is 5.92 Å². The lowest BCUT2D eigenvalue weighted by Crippen LogP contribution is -2.33. The fraction of sp³-hybridized carbons (Fsp3) is 0.438. The Morgan fingerprint density at radius 2 is 2.16 bits per heavy atom. The molecule has 19 heavy (non-hydrogen) atoms. The van der Waals surface area contributed by atoms with Crippen LogP contribution in [-0.2, 0) is 4.79 Å². The molecule has 1 atom stereocenters. The molecule has 0 bridgehead atoms. The maximum atomic E-state index is 12.0. The van der Waals surface area contributed by atoms with Crippen LogP contribution in [0.4, 0.5) is 0 Å². The Morgan fingerprint density at radius 3 is 2.79 bits per heavy atom. The van der Waals surface area contributed by atoms with Gasteiger partial charge in [-0.15, -0.1) is 0 Å². The van der Waals surface area contributed by atoms with Gasteiger partial charge in [0.25, 0.3) is 0 Å².